The molecule has 0 saturated carbocycles. The molecule has 1 amide bonds. The van der Waals surface area contributed by atoms with Crippen LogP contribution in [0.1, 0.15) is 34.3 Å². The van der Waals surface area contributed by atoms with Crippen molar-refractivity contribution in [1.82, 2.24) is 9.88 Å². The lowest BCUT2D eigenvalue weighted by Crippen LogP contribution is -2.30. The molecule has 5 aromatic rings. The smallest absolute Gasteiger partial charge is 0.292 e. The molecule has 6 rings (SSSR count). The molecule has 1 aliphatic rings. The van der Waals surface area contributed by atoms with E-state index in [4.69, 9.17) is 14.1 Å². The zero-order valence-electron chi connectivity index (χ0n) is 20.0. The summed E-state index contributed by atoms with van der Waals surface area (Å²) in [5.74, 6) is 0.604. The molecule has 0 aliphatic carbocycles. The van der Waals surface area contributed by atoms with Crippen LogP contribution in [0.15, 0.2) is 52.9 Å². The molecule has 3 aromatic heterocycles. The number of benzene rings is 2. The van der Waals surface area contributed by atoms with E-state index in [1.54, 1.807) is 35.8 Å². The first-order valence-corrected chi connectivity index (χ1v) is 13.4. The van der Waals surface area contributed by atoms with Gasteiger partial charge in [0.1, 0.15) is 10.0 Å². The number of ether oxygens (including phenoxy) is 1. The maximum atomic E-state index is 13.4. The normalized spacial score (nSPS) is 13.5. The number of anilines is 1. The molecule has 1 aliphatic heterocycles. The van der Waals surface area contributed by atoms with Crippen LogP contribution in [0.2, 0.25) is 0 Å². The highest BCUT2D eigenvalue weighted by Crippen LogP contribution is 2.46. The van der Waals surface area contributed by atoms with Crippen LogP contribution in [0.5, 0.6) is 5.75 Å². The zero-order valence-corrected chi connectivity index (χ0v) is 22.4. The van der Waals surface area contributed by atoms with Crippen LogP contribution in [0.4, 0.5) is 5.00 Å². The van der Waals surface area contributed by atoms with E-state index in [9.17, 15) is 4.79 Å². The Morgan fingerprint density at radius 3 is 2.86 bits per heavy atom. The number of hydrogen-bond acceptors (Lipinski definition) is 7. The molecule has 0 fully saturated rings. The van der Waals surface area contributed by atoms with Gasteiger partial charge in [-0.15, -0.1) is 35.1 Å². The maximum absolute atomic E-state index is 13.4. The van der Waals surface area contributed by atoms with E-state index in [1.807, 2.05) is 36.4 Å². The summed E-state index contributed by atoms with van der Waals surface area (Å²) in [6.07, 6.45) is 2.08. The second kappa shape index (κ2) is 10.2. The highest BCUT2D eigenvalue weighted by Gasteiger charge is 2.28. The summed E-state index contributed by atoms with van der Waals surface area (Å²) in [6, 6.07) is 15.6. The summed E-state index contributed by atoms with van der Waals surface area (Å²) in [7, 11) is 1.60. The summed E-state index contributed by atoms with van der Waals surface area (Å²) in [5.41, 5.74) is 3.93. The van der Waals surface area contributed by atoms with Crippen molar-refractivity contribution in [3.63, 3.8) is 0 Å². The Morgan fingerprint density at radius 1 is 1.19 bits per heavy atom. The quantitative estimate of drug-likeness (QED) is 0.247. The molecular weight excluding hydrogens is 514 g/mol. The van der Waals surface area contributed by atoms with Crippen LogP contribution in [0.3, 0.4) is 0 Å². The van der Waals surface area contributed by atoms with Crippen LogP contribution in [-0.2, 0) is 13.0 Å². The molecule has 0 unspecified atom stereocenters. The number of halogens is 1. The molecule has 1 N–H and O–H groups in total. The predicted molar refractivity (Wildman–Crippen MR) is 150 cm³/mol. The number of carbonyl (C=O) groups excluding carboxylic acids is 1. The van der Waals surface area contributed by atoms with Gasteiger partial charge in [0.05, 0.1) is 17.3 Å². The molecule has 2 aromatic carbocycles. The Hall–Kier alpha value is -2.91. The Kier molecular flexibility index (Phi) is 7.03. The van der Waals surface area contributed by atoms with Crippen LogP contribution in [0, 0.1) is 0 Å². The topological polar surface area (TPSA) is 67.6 Å². The Bertz CT molecular complexity index is 1520. The van der Waals surface area contributed by atoms with Gasteiger partial charge in [-0.3, -0.25) is 9.69 Å². The van der Waals surface area contributed by atoms with E-state index in [1.165, 1.54) is 10.4 Å². The van der Waals surface area contributed by atoms with Crippen molar-refractivity contribution < 1.29 is 13.9 Å². The van der Waals surface area contributed by atoms with Gasteiger partial charge in [-0.05, 0) is 49.2 Å². The summed E-state index contributed by atoms with van der Waals surface area (Å²) in [4.78, 5) is 22.1. The first-order chi connectivity index (χ1) is 17.1. The van der Waals surface area contributed by atoms with Gasteiger partial charge in [-0.2, -0.15) is 0 Å². The van der Waals surface area contributed by atoms with Gasteiger partial charge in [0.2, 0.25) is 0 Å². The average Bonchev–Trinajstić information content (AvgIpc) is 3.57. The maximum Gasteiger partial charge on any atom is 0.292 e. The van der Waals surface area contributed by atoms with Gasteiger partial charge in [-0.25, -0.2) is 4.98 Å². The highest BCUT2D eigenvalue weighted by atomic mass is 35.5. The minimum absolute atomic E-state index is 0. The largest absolute Gasteiger partial charge is 0.493 e. The fourth-order valence-corrected chi connectivity index (χ4v) is 7.13. The van der Waals surface area contributed by atoms with Crippen LogP contribution < -0.4 is 10.1 Å². The van der Waals surface area contributed by atoms with Crippen molar-refractivity contribution in [3.8, 4) is 16.3 Å². The van der Waals surface area contributed by atoms with Gasteiger partial charge in [0, 0.05) is 28.9 Å². The molecule has 6 nitrogen and oxygen atoms in total. The molecular formula is C27H26ClN3O3S2. The number of methoxy groups -OCH3 is 1. The first-order valence-electron chi connectivity index (χ1n) is 11.8. The lowest BCUT2D eigenvalue weighted by atomic mass is 10.0. The van der Waals surface area contributed by atoms with Gasteiger partial charge in [0.15, 0.2) is 17.1 Å². The Labute approximate surface area is 223 Å². The molecule has 0 saturated heterocycles. The second-order valence-corrected chi connectivity index (χ2v) is 10.8. The minimum Gasteiger partial charge on any atom is -0.493 e. The fraction of sp³-hybridized carbons (Fsp3) is 0.259. The minimum atomic E-state index is -0.269. The standard InChI is InChI=1S/C27H25N3O3S2.ClH/c1-3-12-30-13-11-17-22(15-30)35-27(23(17)26-28-18-8-4-5-10-21(18)34-26)29-25(31)20-14-16-7-6-9-19(32-2)24(16)33-20;/h4-10,14H,3,11-13,15H2,1-2H3,(H,29,31);1H. The lowest BCUT2D eigenvalue weighted by Gasteiger charge is -2.26. The summed E-state index contributed by atoms with van der Waals surface area (Å²) < 4.78 is 12.5. The number of furan rings is 1. The Morgan fingerprint density at radius 2 is 2.06 bits per heavy atom. The number of nitrogens with one attached hydrogen (secondary N) is 1. The molecule has 0 spiro atoms. The SMILES string of the molecule is CCCN1CCc2c(sc(NC(=O)c3cc4cccc(OC)c4o3)c2-c2nc3ccccc3s2)C1.Cl. The second-order valence-electron chi connectivity index (χ2n) is 8.66. The van der Waals surface area contributed by atoms with Gasteiger partial charge in [0.25, 0.3) is 5.91 Å². The fourth-order valence-electron chi connectivity index (χ4n) is 4.73. The van der Waals surface area contributed by atoms with Crippen molar-refractivity contribution in [1.29, 1.82) is 0 Å². The van der Waals surface area contributed by atoms with Crippen LogP contribution in [-0.4, -0.2) is 36.0 Å². The molecule has 186 valence electrons. The van der Waals surface area contributed by atoms with E-state index in [0.717, 1.165) is 63.7 Å². The van der Waals surface area contributed by atoms with E-state index >= 15 is 0 Å². The van der Waals surface area contributed by atoms with Gasteiger partial charge in [-0.1, -0.05) is 31.2 Å². The third-order valence-electron chi connectivity index (χ3n) is 6.36. The van der Waals surface area contributed by atoms with Gasteiger partial charge >= 0.3 is 0 Å². The van der Waals surface area contributed by atoms with Crippen molar-refractivity contribution in [2.75, 3.05) is 25.5 Å². The number of rotatable bonds is 6. The van der Waals surface area contributed by atoms with E-state index in [0.29, 0.717) is 11.3 Å². The third kappa shape index (κ3) is 4.39. The highest BCUT2D eigenvalue weighted by molar-refractivity contribution is 7.23. The van der Waals surface area contributed by atoms with Crippen molar-refractivity contribution in [3.05, 3.63) is 64.7 Å². The number of thiophene rings is 1. The molecule has 0 atom stereocenters. The zero-order chi connectivity index (χ0) is 23.9. The number of fused-ring (bicyclic) bond motifs is 3. The third-order valence-corrected chi connectivity index (χ3v) is 8.55. The lowest BCUT2D eigenvalue weighted by molar-refractivity contribution is 0.0999. The van der Waals surface area contributed by atoms with Crippen LogP contribution >= 0.6 is 35.1 Å². The number of thiazole rings is 1. The number of carbonyl (C=O) groups is 1. The number of hydrogen-bond donors (Lipinski definition) is 1. The molecule has 0 bridgehead atoms. The van der Waals surface area contributed by atoms with E-state index in [-0.39, 0.29) is 24.1 Å². The monoisotopic (exact) mass is 539 g/mol. The first kappa shape index (κ1) is 24.8. The molecule has 36 heavy (non-hydrogen) atoms. The molecule has 0 radical (unpaired) electrons. The van der Waals surface area contributed by atoms with Gasteiger partial charge < -0.3 is 14.5 Å². The number of nitrogens with zero attached hydrogens (tertiary/aromatic N) is 2. The molecule has 4 heterocycles. The van der Waals surface area contributed by atoms with Crippen LogP contribution in [0.25, 0.3) is 31.8 Å². The number of amides is 1. The average molecular weight is 540 g/mol. The van der Waals surface area contributed by atoms with E-state index < -0.39 is 0 Å². The van der Waals surface area contributed by atoms with Crippen molar-refractivity contribution in [2.24, 2.45) is 0 Å². The summed E-state index contributed by atoms with van der Waals surface area (Å²) in [6.45, 7) is 5.22. The number of aromatic nitrogens is 1. The summed E-state index contributed by atoms with van der Waals surface area (Å²) >= 11 is 3.34. The molecule has 9 heteroatoms. The summed E-state index contributed by atoms with van der Waals surface area (Å²) in [5, 5.41) is 5.79. The van der Waals surface area contributed by atoms with Crippen molar-refractivity contribution >= 4 is 67.2 Å². The number of para-hydroxylation sites is 2. The van der Waals surface area contributed by atoms with E-state index in [2.05, 4.69) is 23.2 Å². The predicted octanol–water partition coefficient (Wildman–Crippen LogP) is 7.22. The van der Waals surface area contributed by atoms with Crippen molar-refractivity contribution in [2.45, 2.75) is 26.3 Å². The Balaban J connectivity index is 0.00000267.